The largest absolute Gasteiger partial charge is 0.456 e. The van der Waals surface area contributed by atoms with E-state index in [-0.39, 0.29) is 5.56 Å². The van der Waals surface area contributed by atoms with E-state index in [0.717, 1.165) is 5.56 Å². The number of carbonyl (C=O) groups excluding carboxylic acids is 1. The Morgan fingerprint density at radius 1 is 1.10 bits per heavy atom. The number of hydrogen-bond donors (Lipinski definition) is 0. The molecule has 116 valence electrons. The molecule has 0 spiro atoms. The number of halogens is 3. The second-order valence-corrected chi connectivity index (χ2v) is 5.84. The van der Waals surface area contributed by atoms with Gasteiger partial charge in [0.1, 0.15) is 5.71 Å². The molecule has 0 saturated heterocycles. The topological polar surface area (TPSA) is 32.7 Å². The van der Waals surface area contributed by atoms with Gasteiger partial charge in [-0.05, 0) is 27.7 Å². The van der Waals surface area contributed by atoms with Gasteiger partial charge in [-0.15, -0.1) is 0 Å². The number of rotatable bonds is 3. The van der Waals surface area contributed by atoms with Gasteiger partial charge in [0.25, 0.3) is 5.78 Å². The smallest absolute Gasteiger partial charge is 0.294 e. The van der Waals surface area contributed by atoms with Crippen LogP contribution in [0.25, 0.3) is 0 Å². The summed E-state index contributed by atoms with van der Waals surface area (Å²) >= 11 is 0. The third kappa shape index (κ3) is 4.58. The van der Waals surface area contributed by atoms with Crippen LogP contribution in [0.4, 0.5) is 13.2 Å². The maximum Gasteiger partial charge on any atom is 0.456 e. The zero-order chi connectivity index (χ0) is 16.4. The Bertz CT molecular complexity index is 540. The Morgan fingerprint density at radius 3 is 1.95 bits per heavy atom. The number of benzene rings is 1. The van der Waals surface area contributed by atoms with Gasteiger partial charge in [-0.3, -0.25) is 9.80 Å². The van der Waals surface area contributed by atoms with Gasteiger partial charge in [-0.2, -0.15) is 18.3 Å². The molecule has 0 aliphatic carbocycles. The fraction of sp³-hybridized carbons (Fsp3) is 0.467. The maximum absolute atomic E-state index is 12.8. The number of hydrazone groups is 1. The number of alkyl halides is 3. The van der Waals surface area contributed by atoms with Crippen LogP contribution in [0.3, 0.4) is 0 Å². The molecule has 0 radical (unpaired) electrons. The van der Waals surface area contributed by atoms with Crippen LogP contribution >= 0.6 is 0 Å². The highest BCUT2D eigenvalue weighted by molar-refractivity contribution is 6.47. The van der Waals surface area contributed by atoms with Crippen LogP contribution in [0.1, 0.15) is 31.9 Å². The molecule has 0 atom stereocenters. The molecular formula is C15H19F3N2O. The van der Waals surface area contributed by atoms with E-state index in [0.29, 0.717) is 0 Å². The minimum Gasteiger partial charge on any atom is -0.294 e. The molecule has 21 heavy (non-hydrogen) atoms. The average Bonchev–Trinajstić information content (AvgIpc) is 2.33. The highest BCUT2D eigenvalue weighted by Gasteiger charge is 2.42. The van der Waals surface area contributed by atoms with Crippen molar-refractivity contribution in [2.24, 2.45) is 5.10 Å². The number of carbonyl (C=O) groups is 1. The Hall–Kier alpha value is -1.85. The van der Waals surface area contributed by atoms with Gasteiger partial charge < -0.3 is 0 Å². The molecule has 0 fully saturated rings. The predicted octanol–water partition coefficient (Wildman–Crippen LogP) is 3.56. The molecule has 1 aromatic rings. The van der Waals surface area contributed by atoms with Gasteiger partial charge in [0.15, 0.2) is 0 Å². The fourth-order valence-electron chi connectivity index (χ4n) is 1.38. The lowest BCUT2D eigenvalue weighted by Crippen LogP contribution is -2.38. The first-order chi connectivity index (χ1) is 9.43. The van der Waals surface area contributed by atoms with Crippen molar-refractivity contribution >= 4 is 11.5 Å². The molecular weight excluding hydrogens is 281 g/mol. The Morgan fingerprint density at radius 2 is 1.57 bits per heavy atom. The Labute approximate surface area is 122 Å². The molecule has 1 rings (SSSR count). The van der Waals surface area contributed by atoms with E-state index < -0.39 is 23.2 Å². The van der Waals surface area contributed by atoms with Gasteiger partial charge in [0.2, 0.25) is 0 Å². The zero-order valence-electron chi connectivity index (χ0n) is 12.7. The van der Waals surface area contributed by atoms with Crippen molar-refractivity contribution in [1.29, 1.82) is 0 Å². The molecule has 0 N–H and O–H groups in total. The normalized spacial score (nSPS) is 13.2. The number of hydrogen-bond acceptors (Lipinski definition) is 3. The summed E-state index contributed by atoms with van der Waals surface area (Å²) in [4.78, 5) is 11.6. The lowest BCUT2D eigenvalue weighted by Gasteiger charge is -2.30. The molecule has 6 heteroatoms. The van der Waals surface area contributed by atoms with E-state index in [9.17, 15) is 18.0 Å². The summed E-state index contributed by atoms with van der Waals surface area (Å²) in [7, 11) is 1.54. The molecule has 0 aromatic heterocycles. The molecule has 0 amide bonds. The van der Waals surface area contributed by atoms with Crippen LogP contribution in [0, 0.1) is 6.92 Å². The molecule has 0 heterocycles. The SMILES string of the molecule is Cc1ccc(/C(=N/N(C)C(C)(C)C)C(=O)C(F)(F)F)cc1. The van der Waals surface area contributed by atoms with Gasteiger partial charge in [-0.25, -0.2) is 0 Å². The maximum atomic E-state index is 12.8. The number of ketones is 1. The minimum absolute atomic E-state index is 0.152. The average molecular weight is 300 g/mol. The van der Waals surface area contributed by atoms with Gasteiger partial charge in [0, 0.05) is 18.2 Å². The van der Waals surface area contributed by atoms with E-state index in [1.807, 2.05) is 6.92 Å². The highest BCUT2D eigenvalue weighted by atomic mass is 19.4. The first-order valence-corrected chi connectivity index (χ1v) is 6.44. The van der Waals surface area contributed by atoms with Crippen molar-refractivity contribution in [2.45, 2.75) is 39.4 Å². The van der Waals surface area contributed by atoms with Crippen molar-refractivity contribution < 1.29 is 18.0 Å². The predicted molar refractivity (Wildman–Crippen MR) is 76.3 cm³/mol. The summed E-state index contributed by atoms with van der Waals surface area (Å²) in [5, 5.41) is 5.25. The van der Waals surface area contributed by atoms with Gasteiger partial charge in [-0.1, -0.05) is 29.8 Å². The number of Topliss-reactive ketones (excluding diaryl/α,β-unsaturated/α-hetero) is 1. The third-order valence-electron chi connectivity index (χ3n) is 3.02. The van der Waals surface area contributed by atoms with Crippen molar-refractivity contribution in [1.82, 2.24) is 5.01 Å². The Balaban J connectivity index is 3.34. The second-order valence-electron chi connectivity index (χ2n) is 5.84. The van der Waals surface area contributed by atoms with Crippen LogP contribution in [0.15, 0.2) is 29.4 Å². The van der Waals surface area contributed by atoms with Crippen LogP contribution in [-0.2, 0) is 4.79 Å². The summed E-state index contributed by atoms with van der Waals surface area (Å²) in [6, 6.07) is 6.22. The lowest BCUT2D eigenvalue weighted by atomic mass is 10.0. The van der Waals surface area contributed by atoms with Gasteiger partial charge >= 0.3 is 6.18 Å². The lowest BCUT2D eigenvalue weighted by molar-refractivity contribution is -0.163. The van der Waals surface area contributed by atoms with Crippen molar-refractivity contribution in [3.05, 3.63) is 35.4 Å². The molecule has 0 saturated carbocycles. The van der Waals surface area contributed by atoms with Crippen LogP contribution in [0.5, 0.6) is 0 Å². The number of aryl methyl sites for hydroxylation is 1. The van der Waals surface area contributed by atoms with Crippen LogP contribution in [0.2, 0.25) is 0 Å². The van der Waals surface area contributed by atoms with E-state index >= 15 is 0 Å². The molecule has 0 aliphatic heterocycles. The first-order valence-electron chi connectivity index (χ1n) is 6.44. The summed E-state index contributed by atoms with van der Waals surface area (Å²) in [6.45, 7) is 7.19. The molecule has 0 aliphatic rings. The second kappa shape index (κ2) is 5.87. The van der Waals surface area contributed by atoms with E-state index in [2.05, 4.69) is 5.10 Å². The summed E-state index contributed by atoms with van der Waals surface area (Å²) in [5.41, 5.74) is -0.0531. The third-order valence-corrected chi connectivity index (χ3v) is 3.02. The first kappa shape index (κ1) is 17.2. The van der Waals surface area contributed by atoms with Crippen molar-refractivity contribution in [3.8, 4) is 0 Å². The summed E-state index contributed by atoms with van der Waals surface area (Å²) < 4.78 is 38.3. The monoisotopic (exact) mass is 300 g/mol. The molecule has 0 bridgehead atoms. The van der Waals surface area contributed by atoms with Crippen molar-refractivity contribution in [2.75, 3.05) is 7.05 Å². The van der Waals surface area contributed by atoms with E-state index in [1.165, 1.54) is 24.2 Å². The molecule has 1 aromatic carbocycles. The van der Waals surface area contributed by atoms with Crippen LogP contribution < -0.4 is 0 Å². The van der Waals surface area contributed by atoms with E-state index in [4.69, 9.17) is 0 Å². The standard InChI is InChI=1S/C15H19F3N2O/c1-10-6-8-11(9-7-10)12(13(21)15(16,17)18)19-20(5)14(2,3)4/h6-9H,1-5H3/b19-12-. The van der Waals surface area contributed by atoms with Crippen LogP contribution in [-0.4, -0.2) is 35.3 Å². The van der Waals surface area contributed by atoms with E-state index in [1.54, 1.807) is 32.9 Å². The fourth-order valence-corrected chi connectivity index (χ4v) is 1.38. The minimum atomic E-state index is -4.96. The highest BCUT2D eigenvalue weighted by Crippen LogP contribution is 2.21. The molecule has 0 unspecified atom stereocenters. The molecule has 3 nitrogen and oxygen atoms in total. The zero-order valence-corrected chi connectivity index (χ0v) is 12.7. The van der Waals surface area contributed by atoms with Crippen molar-refractivity contribution in [3.63, 3.8) is 0 Å². The summed E-state index contributed by atoms with van der Waals surface area (Å²) in [6.07, 6.45) is -4.96. The van der Waals surface area contributed by atoms with Gasteiger partial charge in [0.05, 0.1) is 0 Å². The quantitative estimate of drug-likeness (QED) is 0.631. The summed E-state index contributed by atoms with van der Waals surface area (Å²) in [5.74, 6) is -1.94. The Kier molecular flexibility index (Phi) is 4.81. The number of nitrogens with zero attached hydrogens (tertiary/aromatic N) is 2.